The van der Waals surface area contributed by atoms with Gasteiger partial charge >= 0.3 is 5.97 Å². The van der Waals surface area contributed by atoms with E-state index in [0.717, 1.165) is 0 Å². The van der Waals surface area contributed by atoms with E-state index >= 15 is 0 Å². The lowest BCUT2D eigenvalue weighted by Crippen LogP contribution is -2.03. The molecule has 0 atom stereocenters. The third-order valence-corrected chi connectivity index (χ3v) is 2.76. The van der Waals surface area contributed by atoms with Gasteiger partial charge in [-0.1, -0.05) is 17.7 Å². The number of halogens is 1. The molecule has 0 heterocycles. The molecule has 0 bridgehead atoms. The predicted molar refractivity (Wildman–Crippen MR) is 56.6 cm³/mol. The Morgan fingerprint density at radius 1 is 1.53 bits per heavy atom. The molecule has 0 radical (unpaired) electrons. The van der Waals surface area contributed by atoms with Gasteiger partial charge in [0.15, 0.2) is 0 Å². The molecular weight excluding hydrogens is 216 g/mol. The van der Waals surface area contributed by atoms with Crippen molar-refractivity contribution in [2.75, 3.05) is 6.61 Å². The van der Waals surface area contributed by atoms with Crippen LogP contribution in [-0.2, 0) is 0 Å². The van der Waals surface area contributed by atoms with Crippen LogP contribution in [0.3, 0.4) is 0 Å². The molecule has 3 nitrogen and oxygen atoms in total. The smallest absolute Gasteiger partial charge is 0.337 e. The summed E-state index contributed by atoms with van der Waals surface area (Å²) in [4.78, 5) is 10.8. The summed E-state index contributed by atoms with van der Waals surface area (Å²) in [7, 11) is 0. The highest BCUT2D eigenvalue weighted by molar-refractivity contribution is 6.34. The van der Waals surface area contributed by atoms with E-state index in [1.807, 2.05) is 0 Å². The van der Waals surface area contributed by atoms with Gasteiger partial charge in [0.25, 0.3) is 0 Å². The van der Waals surface area contributed by atoms with Crippen molar-refractivity contribution in [1.29, 1.82) is 0 Å². The number of ether oxygens (including phenoxy) is 1. The van der Waals surface area contributed by atoms with E-state index in [9.17, 15) is 4.79 Å². The first kappa shape index (κ1) is 10.3. The minimum atomic E-state index is -1.03. The van der Waals surface area contributed by atoms with Crippen LogP contribution in [0.1, 0.15) is 23.2 Å². The Morgan fingerprint density at radius 2 is 2.27 bits per heavy atom. The van der Waals surface area contributed by atoms with Crippen LogP contribution in [0.25, 0.3) is 0 Å². The minimum absolute atomic E-state index is 0.0879. The quantitative estimate of drug-likeness (QED) is 0.859. The number of hydrogen-bond donors (Lipinski definition) is 1. The van der Waals surface area contributed by atoms with E-state index < -0.39 is 5.97 Å². The highest BCUT2D eigenvalue weighted by Crippen LogP contribution is 2.32. The van der Waals surface area contributed by atoms with Gasteiger partial charge in [-0.05, 0) is 30.9 Å². The maximum absolute atomic E-state index is 10.8. The average Bonchev–Trinajstić information content (AvgIpc) is 2.99. The number of carboxylic acid groups (broad SMARTS) is 1. The zero-order valence-electron chi connectivity index (χ0n) is 8.07. The van der Waals surface area contributed by atoms with Crippen LogP contribution < -0.4 is 4.74 Å². The van der Waals surface area contributed by atoms with E-state index in [-0.39, 0.29) is 10.6 Å². The molecular formula is C11H11ClO3. The summed E-state index contributed by atoms with van der Waals surface area (Å²) in [5.74, 6) is 0.0508. The zero-order valence-corrected chi connectivity index (χ0v) is 8.83. The van der Waals surface area contributed by atoms with Crippen molar-refractivity contribution in [2.24, 2.45) is 5.92 Å². The van der Waals surface area contributed by atoms with Crippen molar-refractivity contribution in [3.63, 3.8) is 0 Å². The van der Waals surface area contributed by atoms with Crippen LogP contribution in [0.15, 0.2) is 18.2 Å². The number of aromatic carboxylic acids is 1. The normalized spacial score (nSPS) is 15.0. The Balaban J connectivity index is 2.14. The number of benzene rings is 1. The van der Waals surface area contributed by atoms with E-state index in [2.05, 4.69) is 0 Å². The summed E-state index contributed by atoms with van der Waals surface area (Å²) in [6, 6.07) is 4.80. The molecule has 1 aliphatic carbocycles. The second-order valence-electron chi connectivity index (χ2n) is 3.68. The minimum Gasteiger partial charge on any atom is -0.492 e. The van der Waals surface area contributed by atoms with Crippen LogP contribution in [0, 0.1) is 5.92 Å². The standard InChI is InChI=1S/C11H11ClO3/c12-10-8(11(13)14)2-1-3-9(10)15-6-7-4-5-7/h1-3,7H,4-6H2,(H,13,14). The molecule has 80 valence electrons. The SMILES string of the molecule is O=C(O)c1cccc(OCC2CC2)c1Cl. The molecule has 0 unspecified atom stereocenters. The van der Waals surface area contributed by atoms with Gasteiger partial charge in [-0.25, -0.2) is 4.79 Å². The van der Waals surface area contributed by atoms with Crippen LogP contribution in [0.4, 0.5) is 0 Å². The molecule has 1 aliphatic rings. The lowest BCUT2D eigenvalue weighted by Gasteiger charge is -2.08. The number of carbonyl (C=O) groups is 1. The maximum Gasteiger partial charge on any atom is 0.337 e. The molecule has 0 aromatic heterocycles. The van der Waals surface area contributed by atoms with Crippen LogP contribution in [-0.4, -0.2) is 17.7 Å². The predicted octanol–water partition coefficient (Wildman–Crippen LogP) is 2.83. The maximum atomic E-state index is 10.8. The molecule has 1 aromatic carbocycles. The Morgan fingerprint density at radius 3 is 2.87 bits per heavy atom. The molecule has 1 fully saturated rings. The van der Waals surface area contributed by atoms with Crippen LogP contribution in [0.2, 0.25) is 5.02 Å². The van der Waals surface area contributed by atoms with Gasteiger partial charge in [0.05, 0.1) is 17.2 Å². The molecule has 15 heavy (non-hydrogen) atoms. The van der Waals surface area contributed by atoms with E-state index in [4.69, 9.17) is 21.4 Å². The Hall–Kier alpha value is -1.22. The fourth-order valence-electron chi connectivity index (χ4n) is 1.28. The monoisotopic (exact) mass is 226 g/mol. The van der Waals surface area contributed by atoms with Crippen LogP contribution in [0.5, 0.6) is 5.75 Å². The van der Waals surface area contributed by atoms with Gasteiger partial charge in [-0.3, -0.25) is 0 Å². The van der Waals surface area contributed by atoms with Crippen molar-refractivity contribution in [1.82, 2.24) is 0 Å². The summed E-state index contributed by atoms with van der Waals surface area (Å²) < 4.78 is 5.46. The molecule has 0 spiro atoms. The van der Waals surface area contributed by atoms with Crippen LogP contribution >= 0.6 is 11.6 Å². The van der Waals surface area contributed by atoms with E-state index in [1.54, 1.807) is 12.1 Å². The summed E-state index contributed by atoms with van der Waals surface area (Å²) in [5.41, 5.74) is 0.0879. The van der Waals surface area contributed by atoms with Gasteiger partial charge < -0.3 is 9.84 Å². The number of rotatable bonds is 4. The summed E-state index contributed by atoms with van der Waals surface area (Å²) in [5, 5.41) is 9.03. The summed E-state index contributed by atoms with van der Waals surface area (Å²) in [6.07, 6.45) is 2.38. The average molecular weight is 227 g/mol. The number of carboxylic acids is 1. The second kappa shape index (κ2) is 4.11. The number of hydrogen-bond acceptors (Lipinski definition) is 2. The zero-order chi connectivity index (χ0) is 10.8. The van der Waals surface area contributed by atoms with Crippen molar-refractivity contribution < 1.29 is 14.6 Å². The fraction of sp³-hybridized carbons (Fsp3) is 0.364. The van der Waals surface area contributed by atoms with Gasteiger partial charge in [0, 0.05) is 0 Å². The summed E-state index contributed by atoms with van der Waals surface area (Å²) >= 11 is 5.90. The first-order valence-corrected chi connectivity index (χ1v) is 5.21. The van der Waals surface area contributed by atoms with Crippen molar-refractivity contribution in [3.8, 4) is 5.75 Å². The molecule has 4 heteroatoms. The second-order valence-corrected chi connectivity index (χ2v) is 4.06. The van der Waals surface area contributed by atoms with E-state index in [0.29, 0.717) is 18.3 Å². The lowest BCUT2D eigenvalue weighted by molar-refractivity contribution is 0.0696. The molecule has 0 saturated heterocycles. The first-order chi connectivity index (χ1) is 7.18. The Bertz CT molecular complexity index is 385. The Kier molecular flexibility index (Phi) is 2.82. The molecule has 1 aromatic rings. The lowest BCUT2D eigenvalue weighted by atomic mass is 10.2. The largest absolute Gasteiger partial charge is 0.492 e. The first-order valence-electron chi connectivity index (χ1n) is 4.83. The third-order valence-electron chi connectivity index (χ3n) is 2.37. The Labute approximate surface area is 92.6 Å². The molecule has 0 amide bonds. The fourth-order valence-corrected chi connectivity index (χ4v) is 1.54. The third kappa shape index (κ3) is 2.42. The van der Waals surface area contributed by atoms with E-state index in [1.165, 1.54) is 18.9 Å². The van der Waals surface area contributed by atoms with Gasteiger partial charge in [0.2, 0.25) is 0 Å². The molecule has 1 N–H and O–H groups in total. The summed E-state index contributed by atoms with van der Waals surface area (Å²) in [6.45, 7) is 0.628. The van der Waals surface area contributed by atoms with Crippen molar-refractivity contribution in [3.05, 3.63) is 28.8 Å². The topological polar surface area (TPSA) is 46.5 Å². The highest BCUT2D eigenvalue weighted by Gasteiger charge is 2.22. The molecule has 1 saturated carbocycles. The molecule has 0 aliphatic heterocycles. The van der Waals surface area contributed by atoms with Crippen molar-refractivity contribution >= 4 is 17.6 Å². The molecule has 2 rings (SSSR count). The highest BCUT2D eigenvalue weighted by atomic mass is 35.5. The van der Waals surface area contributed by atoms with Gasteiger partial charge in [-0.15, -0.1) is 0 Å². The van der Waals surface area contributed by atoms with Gasteiger partial charge in [-0.2, -0.15) is 0 Å². The van der Waals surface area contributed by atoms with Crippen molar-refractivity contribution in [2.45, 2.75) is 12.8 Å². The van der Waals surface area contributed by atoms with Gasteiger partial charge in [0.1, 0.15) is 5.75 Å².